The average Bonchev–Trinajstić information content (AvgIpc) is 1.87. The number of rotatable bonds is 4. The molecule has 0 spiro atoms. The normalized spacial score (nSPS) is 19.5. The minimum absolute atomic E-state index is 0.883. The van der Waals surface area contributed by atoms with Crippen LogP contribution in [0.4, 0.5) is 0 Å². The van der Waals surface area contributed by atoms with Gasteiger partial charge in [0.15, 0.2) is 0 Å². The van der Waals surface area contributed by atoms with E-state index in [1.54, 1.807) is 14.2 Å². The molecule has 1 fully saturated rings. The molecule has 1 aliphatic carbocycles. The van der Waals surface area contributed by atoms with Crippen LogP contribution in [0.3, 0.4) is 0 Å². The fraction of sp³-hybridized carbons (Fsp3) is 1.00. The third-order valence-corrected chi connectivity index (χ3v) is 3.96. The van der Waals surface area contributed by atoms with Gasteiger partial charge in [0.2, 0.25) is 0 Å². The second-order valence-corrected chi connectivity index (χ2v) is 4.75. The van der Waals surface area contributed by atoms with Gasteiger partial charge in [-0.3, -0.25) is 0 Å². The summed E-state index contributed by atoms with van der Waals surface area (Å²) in [6.45, 7) is 0. The van der Waals surface area contributed by atoms with Crippen LogP contribution in [0.5, 0.6) is 0 Å². The van der Waals surface area contributed by atoms with E-state index in [1.165, 1.54) is 25.3 Å². The first-order valence-electron chi connectivity index (χ1n) is 3.80. The van der Waals surface area contributed by atoms with Gasteiger partial charge in [0, 0.05) is 14.2 Å². The minimum atomic E-state index is -0.883. The molecule has 0 saturated heterocycles. The van der Waals surface area contributed by atoms with E-state index in [2.05, 4.69) is 0 Å². The number of hydrogen-bond donors (Lipinski definition) is 0. The molecule has 0 aromatic heterocycles. The van der Waals surface area contributed by atoms with E-state index in [4.69, 9.17) is 8.85 Å². The van der Waals surface area contributed by atoms with E-state index in [1.807, 2.05) is 0 Å². The van der Waals surface area contributed by atoms with Crippen LogP contribution >= 0.6 is 0 Å². The largest absolute Gasteiger partial charge is 0.397 e. The van der Waals surface area contributed by atoms with Crippen LogP contribution in [0.15, 0.2) is 0 Å². The van der Waals surface area contributed by atoms with Crippen molar-refractivity contribution in [3.05, 3.63) is 0 Å². The molecule has 1 rings (SSSR count). The van der Waals surface area contributed by atoms with Gasteiger partial charge in [-0.25, -0.2) is 0 Å². The predicted octanol–water partition coefficient (Wildman–Crippen LogP) is 1.57. The Bertz CT molecular complexity index is 89.6. The van der Waals surface area contributed by atoms with Crippen LogP contribution in [0.25, 0.3) is 0 Å². The Morgan fingerprint density at radius 3 is 2.20 bits per heavy atom. The lowest BCUT2D eigenvalue weighted by atomic mass is 9.87. The molecular formula is C7H15O2Si. The van der Waals surface area contributed by atoms with E-state index in [-0.39, 0.29) is 0 Å². The molecule has 59 valence electrons. The summed E-state index contributed by atoms with van der Waals surface area (Å²) in [7, 11) is 2.61. The Morgan fingerprint density at radius 1 is 1.30 bits per heavy atom. The van der Waals surface area contributed by atoms with Crippen LogP contribution < -0.4 is 0 Å². The average molecular weight is 159 g/mol. The van der Waals surface area contributed by atoms with Crippen LogP contribution in [-0.2, 0) is 8.85 Å². The Morgan fingerprint density at radius 2 is 1.90 bits per heavy atom. The van der Waals surface area contributed by atoms with Crippen molar-refractivity contribution in [2.75, 3.05) is 14.2 Å². The first kappa shape index (κ1) is 8.24. The molecule has 0 bridgehead atoms. The highest BCUT2D eigenvalue weighted by Gasteiger charge is 2.24. The van der Waals surface area contributed by atoms with E-state index in [0.29, 0.717) is 0 Å². The molecule has 10 heavy (non-hydrogen) atoms. The van der Waals surface area contributed by atoms with Crippen molar-refractivity contribution >= 4 is 9.28 Å². The summed E-state index contributed by atoms with van der Waals surface area (Å²) < 4.78 is 10.4. The zero-order valence-electron chi connectivity index (χ0n) is 6.72. The predicted molar refractivity (Wildman–Crippen MR) is 41.9 cm³/mol. The summed E-state index contributed by atoms with van der Waals surface area (Å²) in [5, 5.41) is 0. The topological polar surface area (TPSA) is 18.5 Å². The quantitative estimate of drug-likeness (QED) is 0.580. The van der Waals surface area contributed by atoms with Crippen molar-refractivity contribution in [1.82, 2.24) is 0 Å². The molecule has 1 aliphatic rings. The maximum Gasteiger partial charge on any atom is 0.384 e. The maximum absolute atomic E-state index is 5.19. The molecule has 0 amide bonds. The maximum atomic E-state index is 5.19. The van der Waals surface area contributed by atoms with Gasteiger partial charge < -0.3 is 8.85 Å². The second-order valence-electron chi connectivity index (χ2n) is 2.78. The Labute approximate surface area is 64.4 Å². The van der Waals surface area contributed by atoms with Crippen molar-refractivity contribution in [3.63, 3.8) is 0 Å². The molecule has 0 atom stereocenters. The van der Waals surface area contributed by atoms with Gasteiger partial charge in [-0.1, -0.05) is 19.3 Å². The highest BCUT2D eigenvalue weighted by molar-refractivity contribution is 6.44. The van der Waals surface area contributed by atoms with Crippen LogP contribution in [0, 0.1) is 5.92 Å². The number of hydrogen-bond acceptors (Lipinski definition) is 2. The van der Waals surface area contributed by atoms with Crippen molar-refractivity contribution in [3.8, 4) is 0 Å². The van der Waals surface area contributed by atoms with Gasteiger partial charge in [-0.05, 0) is 12.0 Å². The van der Waals surface area contributed by atoms with Gasteiger partial charge in [-0.2, -0.15) is 0 Å². The zero-order chi connectivity index (χ0) is 7.40. The summed E-state index contributed by atoms with van der Waals surface area (Å²) in [5.41, 5.74) is 0. The zero-order valence-corrected chi connectivity index (χ0v) is 7.72. The Balaban J connectivity index is 2.08. The van der Waals surface area contributed by atoms with Gasteiger partial charge in [0.1, 0.15) is 0 Å². The van der Waals surface area contributed by atoms with Crippen LogP contribution in [0.1, 0.15) is 19.3 Å². The first-order chi connectivity index (χ1) is 4.86. The summed E-state index contributed by atoms with van der Waals surface area (Å²) in [5.74, 6) is 0.911. The van der Waals surface area contributed by atoms with E-state index < -0.39 is 9.28 Å². The summed E-state index contributed by atoms with van der Waals surface area (Å²) >= 11 is 0. The first-order valence-corrected chi connectivity index (χ1v) is 5.33. The van der Waals surface area contributed by atoms with Gasteiger partial charge in [0.05, 0.1) is 0 Å². The molecule has 0 aromatic carbocycles. The van der Waals surface area contributed by atoms with Crippen molar-refractivity contribution in [2.45, 2.75) is 25.3 Å². The van der Waals surface area contributed by atoms with Gasteiger partial charge in [0.25, 0.3) is 0 Å². The molecule has 2 nitrogen and oxygen atoms in total. The summed E-state index contributed by atoms with van der Waals surface area (Å²) in [6, 6.07) is 1.18. The summed E-state index contributed by atoms with van der Waals surface area (Å²) in [6.07, 6.45) is 4.19. The third kappa shape index (κ3) is 2.07. The lowest BCUT2D eigenvalue weighted by Gasteiger charge is -2.26. The third-order valence-electron chi connectivity index (χ3n) is 2.14. The van der Waals surface area contributed by atoms with Gasteiger partial charge >= 0.3 is 9.28 Å². The fourth-order valence-corrected chi connectivity index (χ4v) is 2.56. The molecule has 1 radical (unpaired) electrons. The molecule has 1 saturated carbocycles. The molecular weight excluding hydrogens is 144 g/mol. The van der Waals surface area contributed by atoms with Crippen molar-refractivity contribution < 1.29 is 8.85 Å². The van der Waals surface area contributed by atoms with Gasteiger partial charge in [-0.15, -0.1) is 0 Å². The monoisotopic (exact) mass is 159 g/mol. The lowest BCUT2D eigenvalue weighted by Crippen LogP contribution is -2.25. The van der Waals surface area contributed by atoms with E-state index in [0.717, 1.165) is 5.92 Å². The minimum Gasteiger partial charge on any atom is -0.397 e. The van der Waals surface area contributed by atoms with Crippen molar-refractivity contribution in [1.29, 1.82) is 0 Å². The molecule has 0 unspecified atom stereocenters. The smallest absolute Gasteiger partial charge is 0.384 e. The Kier molecular flexibility index (Phi) is 3.38. The molecule has 0 aromatic rings. The lowest BCUT2D eigenvalue weighted by molar-refractivity contribution is 0.249. The highest BCUT2D eigenvalue weighted by Crippen LogP contribution is 2.30. The molecule has 0 heterocycles. The standard InChI is InChI=1S/C7H15O2Si/c1-8-10(9-2)6-7-4-3-5-7/h7H,3-6H2,1-2H3. The molecule has 0 N–H and O–H groups in total. The fourth-order valence-electron chi connectivity index (χ4n) is 1.18. The van der Waals surface area contributed by atoms with Crippen LogP contribution in [-0.4, -0.2) is 23.5 Å². The molecule has 0 aliphatic heterocycles. The highest BCUT2D eigenvalue weighted by atomic mass is 28.3. The van der Waals surface area contributed by atoms with Crippen molar-refractivity contribution in [2.24, 2.45) is 5.92 Å². The summed E-state index contributed by atoms with van der Waals surface area (Å²) in [4.78, 5) is 0. The Hall–Kier alpha value is 0.137. The van der Waals surface area contributed by atoms with E-state index >= 15 is 0 Å². The van der Waals surface area contributed by atoms with E-state index in [9.17, 15) is 0 Å². The SMILES string of the molecule is CO[Si](CC1CCC1)OC. The second kappa shape index (κ2) is 4.11. The molecule has 3 heteroatoms. The van der Waals surface area contributed by atoms with Crippen LogP contribution in [0.2, 0.25) is 6.04 Å².